The van der Waals surface area contributed by atoms with E-state index in [-0.39, 0.29) is 23.7 Å². The zero-order chi connectivity index (χ0) is 15.5. The van der Waals surface area contributed by atoms with E-state index in [4.69, 9.17) is 0 Å². The summed E-state index contributed by atoms with van der Waals surface area (Å²) in [5, 5.41) is 3.32. The molecule has 1 heterocycles. The molecule has 1 aromatic rings. The molecular weight excluding hydrogens is 296 g/mol. The molecule has 4 heteroatoms. The Morgan fingerprint density at radius 3 is 2.32 bits per heavy atom. The molecule has 1 aromatic carbocycles. The number of benzene rings is 1. The Balaban J connectivity index is 0.00000242. The second-order valence-corrected chi connectivity index (χ2v) is 6.97. The molecule has 0 unspecified atom stereocenters. The van der Waals surface area contributed by atoms with Crippen LogP contribution in [-0.2, 0) is 10.2 Å². The number of aryl methyl sites for hydroxylation is 1. The monoisotopic (exact) mass is 324 g/mol. The molecule has 0 aromatic heterocycles. The maximum Gasteiger partial charge on any atom is 0.225 e. The van der Waals surface area contributed by atoms with Crippen molar-refractivity contribution in [1.82, 2.24) is 10.2 Å². The molecule has 1 aliphatic heterocycles. The standard InChI is InChI=1S/C18H28N2O.ClH/c1-14-5-7-16(8-6-14)18(2,3)13-20(4)17(21)15-9-11-19-12-10-15;/h5-8,15,19H,9-13H2,1-4H3;1H. The van der Waals surface area contributed by atoms with Gasteiger partial charge in [-0.3, -0.25) is 4.79 Å². The van der Waals surface area contributed by atoms with Gasteiger partial charge in [-0.15, -0.1) is 12.4 Å². The van der Waals surface area contributed by atoms with Crippen LogP contribution < -0.4 is 5.32 Å². The van der Waals surface area contributed by atoms with Gasteiger partial charge in [0.1, 0.15) is 0 Å². The van der Waals surface area contributed by atoms with Gasteiger partial charge in [-0.25, -0.2) is 0 Å². The van der Waals surface area contributed by atoms with Crippen LogP contribution in [0, 0.1) is 12.8 Å². The zero-order valence-electron chi connectivity index (χ0n) is 14.2. The molecule has 0 bridgehead atoms. The van der Waals surface area contributed by atoms with Crippen molar-refractivity contribution in [3.05, 3.63) is 35.4 Å². The molecule has 1 amide bonds. The van der Waals surface area contributed by atoms with Crippen LogP contribution in [-0.4, -0.2) is 37.5 Å². The van der Waals surface area contributed by atoms with Crippen LogP contribution in [0.4, 0.5) is 0 Å². The molecule has 124 valence electrons. The Hall–Kier alpha value is -1.06. The third kappa shape index (κ3) is 4.72. The lowest BCUT2D eigenvalue weighted by molar-refractivity contribution is -0.135. The van der Waals surface area contributed by atoms with E-state index in [0.29, 0.717) is 5.91 Å². The van der Waals surface area contributed by atoms with Crippen molar-refractivity contribution < 1.29 is 4.79 Å². The molecule has 0 aliphatic carbocycles. The van der Waals surface area contributed by atoms with Gasteiger partial charge in [-0.1, -0.05) is 43.7 Å². The number of carbonyl (C=O) groups excluding carboxylic acids is 1. The van der Waals surface area contributed by atoms with Gasteiger partial charge in [0.25, 0.3) is 0 Å². The summed E-state index contributed by atoms with van der Waals surface area (Å²) in [4.78, 5) is 14.5. The summed E-state index contributed by atoms with van der Waals surface area (Å²) in [6.45, 7) is 9.22. The van der Waals surface area contributed by atoms with Gasteiger partial charge in [0.2, 0.25) is 5.91 Å². The fraction of sp³-hybridized carbons (Fsp3) is 0.611. The maximum absolute atomic E-state index is 12.6. The van der Waals surface area contributed by atoms with Crippen LogP contribution in [0.3, 0.4) is 0 Å². The summed E-state index contributed by atoms with van der Waals surface area (Å²) in [6.07, 6.45) is 1.93. The average Bonchev–Trinajstić information content (AvgIpc) is 2.47. The number of piperidine rings is 1. The average molecular weight is 325 g/mol. The van der Waals surface area contributed by atoms with E-state index >= 15 is 0 Å². The quantitative estimate of drug-likeness (QED) is 0.922. The van der Waals surface area contributed by atoms with E-state index in [9.17, 15) is 4.79 Å². The SMILES string of the molecule is Cc1ccc(C(C)(C)CN(C)C(=O)C2CCNCC2)cc1.Cl. The predicted molar refractivity (Wildman–Crippen MR) is 94.7 cm³/mol. The van der Waals surface area contributed by atoms with Gasteiger partial charge in [0.15, 0.2) is 0 Å². The van der Waals surface area contributed by atoms with Crippen LogP contribution >= 0.6 is 12.4 Å². The van der Waals surface area contributed by atoms with Crippen LogP contribution in [0.5, 0.6) is 0 Å². The number of rotatable bonds is 4. The Morgan fingerprint density at radius 2 is 1.77 bits per heavy atom. The fourth-order valence-electron chi connectivity index (χ4n) is 3.15. The van der Waals surface area contributed by atoms with E-state index in [0.717, 1.165) is 32.5 Å². The van der Waals surface area contributed by atoms with Crippen LogP contribution in [0.1, 0.15) is 37.8 Å². The molecule has 0 atom stereocenters. The van der Waals surface area contributed by atoms with Crippen molar-refractivity contribution in [3.63, 3.8) is 0 Å². The first kappa shape index (κ1) is 19.0. The Labute approximate surface area is 140 Å². The van der Waals surface area contributed by atoms with Crippen molar-refractivity contribution >= 4 is 18.3 Å². The van der Waals surface area contributed by atoms with Gasteiger partial charge >= 0.3 is 0 Å². The number of likely N-dealkylation sites (N-methyl/N-ethyl adjacent to an activating group) is 1. The minimum atomic E-state index is -0.0228. The molecule has 0 radical (unpaired) electrons. The lowest BCUT2D eigenvalue weighted by Crippen LogP contribution is -2.43. The van der Waals surface area contributed by atoms with Crippen molar-refractivity contribution in [1.29, 1.82) is 0 Å². The molecular formula is C18H29ClN2O. The fourth-order valence-corrected chi connectivity index (χ4v) is 3.15. The number of carbonyl (C=O) groups is 1. The minimum Gasteiger partial charge on any atom is -0.345 e. The molecule has 1 fully saturated rings. The molecule has 1 N–H and O–H groups in total. The van der Waals surface area contributed by atoms with Crippen molar-refractivity contribution in [2.45, 2.75) is 39.0 Å². The molecule has 1 aliphatic rings. The highest BCUT2D eigenvalue weighted by Crippen LogP contribution is 2.25. The van der Waals surface area contributed by atoms with Gasteiger partial charge in [0, 0.05) is 24.9 Å². The minimum absolute atomic E-state index is 0. The largest absolute Gasteiger partial charge is 0.345 e. The lowest BCUT2D eigenvalue weighted by atomic mass is 9.83. The van der Waals surface area contributed by atoms with Crippen LogP contribution in [0.25, 0.3) is 0 Å². The lowest BCUT2D eigenvalue weighted by Gasteiger charge is -2.34. The van der Waals surface area contributed by atoms with Gasteiger partial charge in [0.05, 0.1) is 0 Å². The molecule has 2 rings (SSSR count). The third-order valence-electron chi connectivity index (χ3n) is 4.53. The first-order valence-electron chi connectivity index (χ1n) is 7.93. The first-order chi connectivity index (χ1) is 9.90. The predicted octanol–water partition coefficient (Wildman–Crippen LogP) is 3.15. The number of hydrogen-bond donors (Lipinski definition) is 1. The smallest absolute Gasteiger partial charge is 0.225 e. The van der Waals surface area contributed by atoms with E-state index in [2.05, 4.69) is 50.4 Å². The second kappa shape index (κ2) is 7.98. The molecule has 1 saturated heterocycles. The third-order valence-corrected chi connectivity index (χ3v) is 4.53. The summed E-state index contributed by atoms with van der Waals surface area (Å²) >= 11 is 0. The van der Waals surface area contributed by atoms with E-state index in [1.807, 2.05) is 11.9 Å². The molecule has 3 nitrogen and oxygen atoms in total. The first-order valence-corrected chi connectivity index (χ1v) is 7.93. The van der Waals surface area contributed by atoms with Crippen molar-refractivity contribution in [2.24, 2.45) is 5.92 Å². The van der Waals surface area contributed by atoms with Gasteiger partial charge in [-0.2, -0.15) is 0 Å². The number of halogens is 1. The van der Waals surface area contributed by atoms with Crippen molar-refractivity contribution in [2.75, 3.05) is 26.7 Å². The van der Waals surface area contributed by atoms with E-state index < -0.39 is 0 Å². The van der Waals surface area contributed by atoms with E-state index in [1.54, 1.807) is 0 Å². The Bertz CT molecular complexity index is 478. The van der Waals surface area contributed by atoms with Crippen molar-refractivity contribution in [3.8, 4) is 0 Å². The summed E-state index contributed by atoms with van der Waals surface area (Å²) in [5.41, 5.74) is 2.54. The summed E-state index contributed by atoms with van der Waals surface area (Å²) < 4.78 is 0. The summed E-state index contributed by atoms with van der Waals surface area (Å²) in [6, 6.07) is 8.65. The van der Waals surface area contributed by atoms with Gasteiger partial charge in [-0.05, 0) is 38.4 Å². The van der Waals surface area contributed by atoms with Crippen LogP contribution in [0.15, 0.2) is 24.3 Å². The highest BCUT2D eigenvalue weighted by atomic mass is 35.5. The maximum atomic E-state index is 12.6. The molecule has 0 spiro atoms. The normalized spacial score (nSPS) is 16.0. The molecule has 0 saturated carbocycles. The molecule has 22 heavy (non-hydrogen) atoms. The second-order valence-electron chi connectivity index (χ2n) is 6.97. The van der Waals surface area contributed by atoms with E-state index in [1.165, 1.54) is 11.1 Å². The number of nitrogens with zero attached hydrogens (tertiary/aromatic N) is 1. The zero-order valence-corrected chi connectivity index (χ0v) is 15.0. The highest BCUT2D eigenvalue weighted by Gasteiger charge is 2.29. The number of amides is 1. The Morgan fingerprint density at radius 1 is 1.23 bits per heavy atom. The summed E-state index contributed by atoms with van der Waals surface area (Å²) in [5.74, 6) is 0.502. The Kier molecular flexibility index (Phi) is 6.89. The highest BCUT2D eigenvalue weighted by molar-refractivity contribution is 5.85. The van der Waals surface area contributed by atoms with Crippen LogP contribution in [0.2, 0.25) is 0 Å². The number of nitrogens with one attached hydrogen (secondary N) is 1. The topological polar surface area (TPSA) is 32.3 Å². The summed E-state index contributed by atoms with van der Waals surface area (Å²) in [7, 11) is 1.94. The van der Waals surface area contributed by atoms with Gasteiger partial charge < -0.3 is 10.2 Å². The number of hydrogen-bond acceptors (Lipinski definition) is 2.